The van der Waals surface area contributed by atoms with Crippen LogP contribution in [0.15, 0.2) is 66.7 Å². The van der Waals surface area contributed by atoms with E-state index in [1.165, 1.54) is 17.7 Å². The van der Waals surface area contributed by atoms with Gasteiger partial charge in [0, 0.05) is 6.54 Å². The third-order valence-corrected chi connectivity index (χ3v) is 4.63. The Kier molecular flexibility index (Phi) is 9.26. The van der Waals surface area contributed by atoms with Gasteiger partial charge < -0.3 is 14.8 Å². The molecule has 0 amide bonds. The number of ether oxygens (including phenoxy) is 2. The molecule has 0 spiro atoms. The molecule has 0 fully saturated rings. The van der Waals surface area contributed by atoms with Gasteiger partial charge in [-0.05, 0) is 53.9 Å². The van der Waals surface area contributed by atoms with E-state index in [0.717, 1.165) is 24.1 Å². The number of rotatable bonds is 9. The Balaban J connectivity index is 0.00000300. The van der Waals surface area contributed by atoms with Crippen LogP contribution in [0.5, 0.6) is 11.5 Å². The van der Waals surface area contributed by atoms with Gasteiger partial charge in [-0.1, -0.05) is 54.1 Å². The number of halogens is 3. The van der Waals surface area contributed by atoms with Gasteiger partial charge in [-0.3, -0.25) is 0 Å². The molecule has 0 aromatic heterocycles. The van der Waals surface area contributed by atoms with E-state index >= 15 is 0 Å². The molecule has 1 N–H and O–H groups in total. The Hall–Kier alpha value is -2.27. The highest BCUT2D eigenvalue weighted by atomic mass is 35.5. The van der Waals surface area contributed by atoms with E-state index in [-0.39, 0.29) is 24.8 Å². The second kappa shape index (κ2) is 11.7. The lowest BCUT2D eigenvalue weighted by atomic mass is 10.1. The zero-order chi connectivity index (χ0) is 19.8. The number of hydrogen-bond donors (Lipinski definition) is 1. The van der Waals surface area contributed by atoms with Crippen molar-refractivity contribution in [3.05, 3.63) is 94.3 Å². The molecule has 0 atom stereocenters. The summed E-state index contributed by atoms with van der Waals surface area (Å²) in [5, 5.41) is 3.91. The summed E-state index contributed by atoms with van der Waals surface area (Å²) in [5.74, 6) is 0.791. The number of benzene rings is 3. The third-order valence-electron chi connectivity index (χ3n) is 4.35. The van der Waals surface area contributed by atoms with E-state index in [4.69, 9.17) is 21.1 Å². The molecule has 3 aromatic carbocycles. The third kappa shape index (κ3) is 6.93. The van der Waals surface area contributed by atoms with Gasteiger partial charge >= 0.3 is 0 Å². The highest BCUT2D eigenvalue weighted by Gasteiger charge is 2.12. The average Bonchev–Trinajstić information content (AvgIpc) is 2.72. The summed E-state index contributed by atoms with van der Waals surface area (Å²) in [6.07, 6.45) is 0.963. The first-order chi connectivity index (χ1) is 13.7. The molecule has 0 radical (unpaired) electrons. The zero-order valence-corrected chi connectivity index (χ0v) is 17.7. The van der Waals surface area contributed by atoms with Crippen LogP contribution in [0.3, 0.4) is 0 Å². The standard InChI is InChI=1S/C23H23ClFNO2.ClH/c1-27-22-14-19(15-26-12-11-17-5-3-2-4-6-17)13-21(24)23(22)28-16-18-7-9-20(25)10-8-18;/h2-10,13-14,26H,11-12,15-16H2,1H3;1H. The summed E-state index contributed by atoms with van der Waals surface area (Å²) >= 11 is 6.42. The van der Waals surface area contributed by atoms with Crippen molar-refractivity contribution in [2.24, 2.45) is 0 Å². The van der Waals surface area contributed by atoms with Crippen molar-refractivity contribution >= 4 is 24.0 Å². The van der Waals surface area contributed by atoms with Crippen LogP contribution in [-0.4, -0.2) is 13.7 Å². The summed E-state index contributed by atoms with van der Waals surface area (Å²) < 4.78 is 24.3. The van der Waals surface area contributed by atoms with Crippen LogP contribution in [0, 0.1) is 5.82 Å². The Bertz CT molecular complexity index is 889. The molecule has 3 rings (SSSR count). The summed E-state index contributed by atoms with van der Waals surface area (Å²) in [6.45, 7) is 1.83. The molecular formula is C23H24Cl2FNO2. The number of hydrogen-bond acceptors (Lipinski definition) is 3. The molecule has 0 bridgehead atoms. The van der Waals surface area contributed by atoms with Crippen molar-refractivity contribution in [2.75, 3.05) is 13.7 Å². The molecule has 3 aromatic rings. The largest absolute Gasteiger partial charge is 0.493 e. The first-order valence-electron chi connectivity index (χ1n) is 9.14. The van der Waals surface area contributed by atoms with Crippen LogP contribution in [-0.2, 0) is 19.6 Å². The van der Waals surface area contributed by atoms with Gasteiger partial charge in [-0.2, -0.15) is 0 Å². The van der Waals surface area contributed by atoms with Gasteiger partial charge in [0.05, 0.1) is 12.1 Å². The average molecular weight is 436 g/mol. The minimum absolute atomic E-state index is 0. The molecule has 0 saturated heterocycles. The van der Waals surface area contributed by atoms with Gasteiger partial charge in [0.1, 0.15) is 12.4 Å². The maximum absolute atomic E-state index is 13.0. The Morgan fingerprint density at radius 2 is 1.66 bits per heavy atom. The fourth-order valence-corrected chi connectivity index (χ4v) is 3.15. The highest BCUT2D eigenvalue weighted by Crippen LogP contribution is 2.37. The molecule has 29 heavy (non-hydrogen) atoms. The molecule has 154 valence electrons. The second-order valence-electron chi connectivity index (χ2n) is 6.44. The molecule has 0 heterocycles. The lowest BCUT2D eigenvalue weighted by Crippen LogP contribution is -2.16. The maximum atomic E-state index is 13.0. The second-order valence-corrected chi connectivity index (χ2v) is 6.84. The molecule has 6 heteroatoms. The lowest BCUT2D eigenvalue weighted by Gasteiger charge is -2.15. The Labute approximate surface area is 182 Å². The first-order valence-corrected chi connectivity index (χ1v) is 9.52. The first kappa shape index (κ1) is 23.0. The quantitative estimate of drug-likeness (QED) is 0.429. The van der Waals surface area contributed by atoms with E-state index < -0.39 is 0 Å². The molecule has 0 aliphatic rings. The fraction of sp³-hybridized carbons (Fsp3) is 0.217. The van der Waals surface area contributed by atoms with Gasteiger partial charge in [0.2, 0.25) is 0 Å². The fourth-order valence-electron chi connectivity index (χ4n) is 2.86. The van der Waals surface area contributed by atoms with Gasteiger partial charge in [-0.25, -0.2) is 4.39 Å². The maximum Gasteiger partial charge on any atom is 0.180 e. The van der Waals surface area contributed by atoms with Crippen LogP contribution >= 0.6 is 24.0 Å². The summed E-state index contributed by atoms with van der Waals surface area (Å²) in [5.41, 5.74) is 3.17. The van der Waals surface area contributed by atoms with Crippen molar-refractivity contribution in [3.8, 4) is 11.5 Å². The Morgan fingerprint density at radius 1 is 0.931 bits per heavy atom. The van der Waals surface area contributed by atoms with E-state index in [0.29, 0.717) is 23.1 Å². The SMILES string of the molecule is COc1cc(CNCCc2ccccc2)cc(Cl)c1OCc1ccc(F)cc1.Cl. The molecule has 0 aliphatic carbocycles. The van der Waals surface area contributed by atoms with Crippen molar-refractivity contribution < 1.29 is 13.9 Å². The molecule has 0 saturated carbocycles. The number of nitrogens with one attached hydrogen (secondary N) is 1. The van der Waals surface area contributed by atoms with Crippen LogP contribution < -0.4 is 14.8 Å². The lowest BCUT2D eigenvalue weighted by molar-refractivity contribution is 0.284. The Morgan fingerprint density at radius 3 is 2.34 bits per heavy atom. The van der Waals surface area contributed by atoms with E-state index in [1.54, 1.807) is 19.2 Å². The summed E-state index contributed by atoms with van der Waals surface area (Å²) in [4.78, 5) is 0. The van der Waals surface area contributed by atoms with Crippen molar-refractivity contribution in [1.29, 1.82) is 0 Å². The minimum Gasteiger partial charge on any atom is -0.493 e. The zero-order valence-electron chi connectivity index (χ0n) is 16.2. The monoisotopic (exact) mass is 435 g/mol. The smallest absolute Gasteiger partial charge is 0.180 e. The van der Waals surface area contributed by atoms with E-state index in [1.807, 2.05) is 30.3 Å². The van der Waals surface area contributed by atoms with Gasteiger partial charge in [0.25, 0.3) is 0 Å². The van der Waals surface area contributed by atoms with Crippen LogP contribution in [0.4, 0.5) is 4.39 Å². The molecule has 0 aliphatic heterocycles. The van der Waals surface area contributed by atoms with Gasteiger partial charge in [0.15, 0.2) is 11.5 Å². The van der Waals surface area contributed by atoms with Gasteiger partial charge in [-0.15, -0.1) is 12.4 Å². The van der Waals surface area contributed by atoms with Crippen LogP contribution in [0.2, 0.25) is 5.02 Å². The van der Waals surface area contributed by atoms with E-state index in [2.05, 4.69) is 17.4 Å². The summed E-state index contributed by atoms with van der Waals surface area (Å²) in [6, 6.07) is 20.3. The van der Waals surface area contributed by atoms with Crippen LogP contribution in [0.1, 0.15) is 16.7 Å². The predicted octanol–water partition coefficient (Wildman–Crippen LogP) is 5.82. The highest BCUT2D eigenvalue weighted by molar-refractivity contribution is 6.32. The topological polar surface area (TPSA) is 30.5 Å². The minimum atomic E-state index is -0.275. The van der Waals surface area contributed by atoms with Crippen molar-refractivity contribution in [2.45, 2.75) is 19.6 Å². The molecule has 0 unspecified atom stereocenters. The summed E-state index contributed by atoms with van der Waals surface area (Å²) in [7, 11) is 1.59. The normalized spacial score (nSPS) is 10.3. The number of methoxy groups -OCH3 is 1. The van der Waals surface area contributed by atoms with E-state index in [9.17, 15) is 4.39 Å². The van der Waals surface area contributed by atoms with Crippen LogP contribution in [0.25, 0.3) is 0 Å². The van der Waals surface area contributed by atoms with Crippen molar-refractivity contribution in [1.82, 2.24) is 5.32 Å². The molecule has 3 nitrogen and oxygen atoms in total. The predicted molar refractivity (Wildman–Crippen MR) is 118 cm³/mol. The van der Waals surface area contributed by atoms with Crippen molar-refractivity contribution in [3.63, 3.8) is 0 Å². The molecular weight excluding hydrogens is 412 g/mol.